The van der Waals surface area contributed by atoms with E-state index in [0.29, 0.717) is 5.75 Å². The molecule has 114 valence electrons. The number of phenolic OH excluding ortho intramolecular Hbond substituents is 3. The minimum absolute atomic E-state index is 0.0420. The molecular weight excluding hydrogens is 288 g/mol. The Labute approximate surface area is 126 Å². The van der Waals surface area contributed by atoms with Gasteiger partial charge in [-0.2, -0.15) is 5.10 Å². The van der Waals surface area contributed by atoms with Gasteiger partial charge < -0.3 is 20.1 Å². The fourth-order valence-corrected chi connectivity index (χ4v) is 1.66. The van der Waals surface area contributed by atoms with Crippen molar-refractivity contribution < 1.29 is 24.9 Å². The maximum Gasteiger partial charge on any atom is 0.271 e. The van der Waals surface area contributed by atoms with E-state index in [9.17, 15) is 20.1 Å². The number of hydrogen-bond donors (Lipinski definition) is 4. The zero-order valence-corrected chi connectivity index (χ0v) is 11.6. The van der Waals surface area contributed by atoms with Gasteiger partial charge in [-0.1, -0.05) is 0 Å². The number of nitrogens with zero attached hydrogens (tertiary/aromatic N) is 1. The number of hydrazone groups is 1. The van der Waals surface area contributed by atoms with Gasteiger partial charge in [0, 0.05) is 5.56 Å². The Balaban J connectivity index is 2.04. The topological polar surface area (TPSA) is 111 Å². The molecule has 7 heteroatoms. The van der Waals surface area contributed by atoms with Gasteiger partial charge in [-0.25, -0.2) is 5.43 Å². The number of carbonyl (C=O) groups is 1. The number of carbonyl (C=O) groups excluding carboxylic acids is 1. The monoisotopic (exact) mass is 302 g/mol. The molecule has 0 saturated carbocycles. The fraction of sp³-hybridized carbons (Fsp3) is 0.0667. The Kier molecular flexibility index (Phi) is 4.47. The quantitative estimate of drug-likeness (QED) is 0.389. The molecule has 0 bridgehead atoms. The molecule has 0 saturated heterocycles. The SMILES string of the molecule is COc1ccc(/C=N/NC(=O)c2cc(O)c(O)c(O)c2)cc1. The first-order chi connectivity index (χ1) is 10.5. The molecule has 0 aliphatic carbocycles. The molecule has 0 radical (unpaired) electrons. The van der Waals surface area contributed by atoms with Gasteiger partial charge in [0.1, 0.15) is 5.75 Å². The lowest BCUT2D eigenvalue weighted by Gasteiger charge is -2.04. The third-order valence-corrected chi connectivity index (χ3v) is 2.83. The molecule has 0 fully saturated rings. The van der Waals surface area contributed by atoms with Gasteiger partial charge in [0.2, 0.25) is 0 Å². The van der Waals surface area contributed by atoms with E-state index in [0.717, 1.165) is 17.7 Å². The summed E-state index contributed by atoms with van der Waals surface area (Å²) in [5.41, 5.74) is 2.95. The van der Waals surface area contributed by atoms with Crippen LogP contribution in [0, 0.1) is 0 Å². The van der Waals surface area contributed by atoms with Crippen molar-refractivity contribution in [2.75, 3.05) is 7.11 Å². The second-order valence-electron chi connectivity index (χ2n) is 4.34. The standard InChI is InChI=1S/C15H14N2O5/c1-22-11-4-2-9(3-5-11)8-16-17-15(21)10-6-12(18)14(20)13(19)7-10/h2-8,18-20H,1H3,(H,17,21)/b16-8+. The number of methoxy groups -OCH3 is 1. The van der Waals surface area contributed by atoms with Crippen LogP contribution in [0.5, 0.6) is 23.0 Å². The van der Waals surface area contributed by atoms with Gasteiger partial charge in [0.05, 0.1) is 13.3 Å². The van der Waals surface area contributed by atoms with E-state index in [2.05, 4.69) is 10.5 Å². The van der Waals surface area contributed by atoms with E-state index in [1.165, 1.54) is 6.21 Å². The van der Waals surface area contributed by atoms with E-state index < -0.39 is 23.2 Å². The van der Waals surface area contributed by atoms with E-state index in [1.54, 1.807) is 31.4 Å². The molecule has 2 aromatic carbocycles. The average Bonchev–Trinajstić information content (AvgIpc) is 2.52. The van der Waals surface area contributed by atoms with Crippen molar-refractivity contribution >= 4 is 12.1 Å². The summed E-state index contributed by atoms with van der Waals surface area (Å²) in [4.78, 5) is 11.8. The molecule has 1 amide bonds. The van der Waals surface area contributed by atoms with Crippen molar-refractivity contribution in [2.45, 2.75) is 0 Å². The number of benzene rings is 2. The van der Waals surface area contributed by atoms with Crippen LogP contribution in [-0.2, 0) is 0 Å². The predicted octanol–water partition coefficient (Wildman–Crippen LogP) is 1.58. The molecule has 0 atom stereocenters. The molecule has 22 heavy (non-hydrogen) atoms. The van der Waals surface area contributed by atoms with E-state index in [4.69, 9.17) is 4.74 Å². The normalized spacial score (nSPS) is 10.6. The zero-order chi connectivity index (χ0) is 16.1. The highest BCUT2D eigenvalue weighted by Crippen LogP contribution is 2.35. The molecule has 0 unspecified atom stereocenters. The summed E-state index contributed by atoms with van der Waals surface area (Å²) in [7, 11) is 1.56. The van der Waals surface area contributed by atoms with Crippen LogP contribution in [0.2, 0.25) is 0 Å². The Hall–Kier alpha value is -3.22. The van der Waals surface area contributed by atoms with Crippen LogP contribution < -0.4 is 10.2 Å². The maximum absolute atomic E-state index is 11.8. The van der Waals surface area contributed by atoms with Crippen molar-refractivity contribution in [3.05, 3.63) is 47.5 Å². The second-order valence-corrected chi connectivity index (χ2v) is 4.34. The molecule has 0 aliphatic heterocycles. The van der Waals surface area contributed by atoms with Gasteiger partial charge in [0.15, 0.2) is 17.2 Å². The van der Waals surface area contributed by atoms with Crippen molar-refractivity contribution in [3.63, 3.8) is 0 Å². The molecule has 0 aromatic heterocycles. The molecular formula is C15H14N2O5. The molecule has 7 nitrogen and oxygen atoms in total. The third-order valence-electron chi connectivity index (χ3n) is 2.83. The first kappa shape index (κ1) is 15.2. The smallest absolute Gasteiger partial charge is 0.271 e. The van der Waals surface area contributed by atoms with Gasteiger partial charge in [0.25, 0.3) is 5.91 Å². The van der Waals surface area contributed by atoms with Crippen LogP contribution in [0.15, 0.2) is 41.5 Å². The van der Waals surface area contributed by atoms with E-state index in [1.807, 2.05) is 0 Å². The van der Waals surface area contributed by atoms with Crippen molar-refractivity contribution in [2.24, 2.45) is 5.10 Å². The number of rotatable bonds is 4. The summed E-state index contributed by atoms with van der Waals surface area (Å²) < 4.78 is 5.02. The van der Waals surface area contributed by atoms with Gasteiger partial charge >= 0.3 is 0 Å². The minimum Gasteiger partial charge on any atom is -0.504 e. The number of amides is 1. The summed E-state index contributed by atoms with van der Waals surface area (Å²) in [6.45, 7) is 0. The predicted molar refractivity (Wildman–Crippen MR) is 79.5 cm³/mol. The zero-order valence-electron chi connectivity index (χ0n) is 11.6. The highest BCUT2D eigenvalue weighted by Gasteiger charge is 2.12. The Morgan fingerprint density at radius 2 is 1.73 bits per heavy atom. The Bertz CT molecular complexity index is 687. The largest absolute Gasteiger partial charge is 0.504 e. The summed E-state index contributed by atoms with van der Waals surface area (Å²) in [6, 6.07) is 9.05. The molecule has 0 heterocycles. The molecule has 0 spiro atoms. The molecule has 2 aromatic rings. The second kappa shape index (κ2) is 6.49. The lowest BCUT2D eigenvalue weighted by Crippen LogP contribution is -2.17. The van der Waals surface area contributed by atoms with Gasteiger partial charge in [-0.05, 0) is 42.0 Å². The lowest BCUT2D eigenvalue weighted by molar-refractivity contribution is 0.0954. The van der Waals surface area contributed by atoms with Gasteiger partial charge in [-0.3, -0.25) is 4.79 Å². The van der Waals surface area contributed by atoms with E-state index >= 15 is 0 Å². The third kappa shape index (κ3) is 3.45. The number of nitrogens with one attached hydrogen (secondary N) is 1. The van der Waals surface area contributed by atoms with E-state index in [-0.39, 0.29) is 5.56 Å². The summed E-state index contributed by atoms with van der Waals surface area (Å²) in [5, 5.41) is 31.7. The highest BCUT2D eigenvalue weighted by molar-refractivity contribution is 5.96. The van der Waals surface area contributed by atoms with Gasteiger partial charge in [-0.15, -0.1) is 0 Å². The summed E-state index contributed by atoms with van der Waals surface area (Å²) in [5.74, 6) is -1.81. The molecule has 0 aliphatic rings. The highest BCUT2D eigenvalue weighted by atomic mass is 16.5. The number of ether oxygens (including phenoxy) is 1. The van der Waals surface area contributed by atoms with Crippen molar-refractivity contribution in [1.82, 2.24) is 5.43 Å². The number of aromatic hydroxyl groups is 3. The lowest BCUT2D eigenvalue weighted by atomic mass is 10.2. The minimum atomic E-state index is -0.682. The van der Waals surface area contributed by atoms with Crippen LogP contribution >= 0.6 is 0 Å². The van der Waals surface area contributed by atoms with Crippen LogP contribution in [0.3, 0.4) is 0 Å². The van der Waals surface area contributed by atoms with Crippen molar-refractivity contribution in [1.29, 1.82) is 0 Å². The van der Waals surface area contributed by atoms with Crippen LogP contribution in [-0.4, -0.2) is 34.6 Å². The first-order valence-corrected chi connectivity index (χ1v) is 6.23. The summed E-state index contributed by atoms with van der Waals surface area (Å²) in [6.07, 6.45) is 1.43. The number of phenols is 3. The molecule has 4 N–H and O–H groups in total. The van der Waals surface area contributed by atoms with Crippen LogP contribution in [0.25, 0.3) is 0 Å². The fourth-order valence-electron chi connectivity index (χ4n) is 1.66. The maximum atomic E-state index is 11.8. The number of hydrogen-bond acceptors (Lipinski definition) is 6. The summed E-state index contributed by atoms with van der Waals surface area (Å²) >= 11 is 0. The van der Waals surface area contributed by atoms with Crippen LogP contribution in [0.4, 0.5) is 0 Å². The van der Waals surface area contributed by atoms with Crippen molar-refractivity contribution in [3.8, 4) is 23.0 Å². The average molecular weight is 302 g/mol. The van der Waals surface area contributed by atoms with Crippen LogP contribution in [0.1, 0.15) is 15.9 Å². The molecule has 2 rings (SSSR count). The Morgan fingerprint density at radius 1 is 1.14 bits per heavy atom. The Morgan fingerprint density at radius 3 is 2.27 bits per heavy atom. The first-order valence-electron chi connectivity index (χ1n) is 6.23.